The summed E-state index contributed by atoms with van der Waals surface area (Å²) < 4.78 is 84.1. The highest BCUT2D eigenvalue weighted by Gasteiger charge is 2.37. The highest BCUT2D eigenvalue weighted by Crippen LogP contribution is 2.28. The topological polar surface area (TPSA) is 251 Å². The predicted octanol–water partition coefficient (Wildman–Crippen LogP) is 0.953. The molecule has 0 aromatic heterocycles. The molecule has 0 radical (unpaired) electrons. The van der Waals surface area contributed by atoms with Gasteiger partial charge in [-0.3, -0.25) is 28.5 Å². The Kier molecular flexibility index (Phi) is 17.5. The first-order valence-electron chi connectivity index (χ1n) is 16.7. The minimum absolute atomic E-state index is 0.00297. The molecule has 0 saturated carbocycles. The van der Waals surface area contributed by atoms with E-state index in [0.717, 1.165) is 11.8 Å². The van der Waals surface area contributed by atoms with Crippen LogP contribution in [0.1, 0.15) is 50.0 Å². The zero-order valence-electron chi connectivity index (χ0n) is 31.7. The van der Waals surface area contributed by atoms with Crippen LogP contribution in [0.4, 0.5) is 18.9 Å². The molecule has 6 N–H and O–H groups in total. The van der Waals surface area contributed by atoms with Gasteiger partial charge in [-0.1, -0.05) is 58.0 Å². The molecule has 0 saturated heterocycles. The molecule has 0 aliphatic carbocycles. The van der Waals surface area contributed by atoms with Gasteiger partial charge in [0, 0.05) is 24.3 Å². The van der Waals surface area contributed by atoms with Crippen LogP contribution in [0.5, 0.6) is 0 Å². The Morgan fingerprint density at radius 1 is 0.836 bits per heavy atom. The molecule has 2 aromatic rings. The van der Waals surface area contributed by atoms with Crippen LogP contribution in [0.15, 0.2) is 53.4 Å². The van der Waals surface area contributed by atoms with Crippen molar-refractivity contribution in [3.8, 4) is 0 Å². The van der Waals surface area contributed by atoms with E-state index in [9.17, 15) is 45.6 Å². The first-order valence-corrected chi connectivity index (χ1v) is 19.9. The fourth-order valence-corrected chi connectivity index (χ4v) is 5.90. The summed E-state index contributed by atoms with van der Waals surface area (Å²) in [6.45, 7) is 6.73. The Labute approximate surface area is 319 Å². The van der Waals surface area contributed by atoms with Crippen molar-refractivity contribution in [3.05, 3.63) is 59.7 Å². The molecule has 0 heterocycles. The number of carbonyl (C=O) groups excluding carboxylic acids is 5. The van der Waals surface area contributed by atoms with Crippen LogP contribution in [-0.2, 0) is 45.6 Å². The van der Waals surface area contributed by atoms with Crippen LogP contribution in [-0.4, -0.2) is 109 Å². The van der Waals surface area contributed by atoms with Gasteiger partial charge in [-0.05, 0) is 36.0 Å². The molecular weight excluding hydrogens is 774 g/mol. The molecule has 0 unspecified atom stereocenters. The van der Waals surface area contributed by atoms with Crippen molar-refractivity contribution in [2.75, 3.05) is 33.9 Å². The first-order chi connectivity index (χ1) is 24.9. The minimum Gasteiger partial charge on any atom is -0.741 e. The van der Waals surface area contributed by atoms with Gasteiger partial charge in [-0.15, -0.1) is 0 Å². The molecule has 0 bridgehead atoms. The Morgan fingerprint density at radius 3 is 1.82 bits per heavy atom. The third kappa shape index (κ3) is 16.3. The van der Waals surface area contributed by atoms with Crippen LogP contribution < -0.4 is 31.5 Å². The highest BCUT2D eigenvalue weighted by atomic mass is 32.2. The summed E-state index contributed by atoms with van der Waals surface area (Å²) in [4.78, 5) is 64.7. The van der Waals surface area contributed by atoms with E-state index in [2.05, 4.69) is 21.3 Å². The quantitative estimate of drug-likeness (QED) is 0.0911. The molecule has 2 aromatic carbocycles. The van der Waals surface area contributed by atoms with E-state index in [1.165, 1.54) is 12.1 Å². The van der Waals surface area contributed by atoms with Gasteiger partial charge < -0.3 is 31.6 Å². The van der Waals surface area contributed by atoms with Crippen LogP contribution in [0, 0.1) is 11.8 Å². The van der Waals surface area contributed by atoms with E-state index < -0.39 is 79.7 Å². The monoisotopic (exact) mass is 822 g/mol. The summed E-state index contributed by atoms with van der Waals surface area (Å²) in [7, 11) is -4.35. The first kappa shape index (κ1) is 48.4. The molecular formula is C34H49F3N6O10S2. The maximum atomic E-state index is 13.6. The number of hydrogen-bond donors (Lipinski definition) is 5. The number of alkyl halides is 3. The normalized spacial score (nSPS) is 13.8. The summed E-state index contributed by atoms with van der Waals surface area (Å²) in [6, 6.07) is 10.2. The van der Waals surface area contributed by atoms with E-state index in [1.54, 1.807) is 71.4 Å². The number of primary amides is 1. The molecule has 0 aliphatic heterocycles. The van der Waals surface area contributed by atoms with E-state index in [0.29, 0.717) is 12.1 Å². The summed E-state index contributed by atoms with van der Waals surface area (Å²) in [5, 5.41) is 10.5. The number of nitrogens with zero attached hydrogens (tertiary/aromatic N) is 1. The van der Waals surface area contributed by atoms with Crippen molar-refractivity contribution < 1.29 is 58.5 Å². The molecule has 16 nitrogen and oxygen atoms in total. The number of amides is 5. The van der Waals surface area contributed by atoms with Crippen molar-refractivity contribution in [1.29, 1.82) is 0 Å². The number of hydrogen-bond acceptors (Lipinski definition) is 10. The van der Waals surface area contributed by atoms with Gasteiger partial charge in [-0.25, -0.2) is 16.8 Å². The van der Waals surface area contributed by atoms with Crippen molar-refractivity contribution in [1.82, 2.24) is 25.8 Å². The second kappa shape index (κ2) is 19.8. The van der Waals surface area contributed by atoms with Gasteiger partial charge in [0.05, 0.1) is 27.7 Å². The molecule has 21 heteroatoms. The molecule has 2 rings (SSSR count). The standard InChI is InChI=1S/C33H48N6O7S.CHF3O3S/c1-20(2)16-24(30(34)41)37-33(44)29(21(3)4)38-32(43)25(17-22-12-10-9-11-13-22)36-28(40)19-35-31(42)23-14-15-26(39(5,6)7)27(18-23)47(8,45)46;2-1(3,4)8(5,6)7/h9-15,18,20-21,24-25,29H,16-17,19H2,1-8H3,(H5-,34,35,36,37,38,40,41,42,43,44);(H,5,6,7)/t24-,25-,29-;/m0./s1. The lowest BCUT2D eigenvalue weighted by atomic mass is 9.99. The number of benzene rings is 2. The Hall–Kier alpha value is -4.60. The number of nitrogens with two attached hydrogens (primary N) is 1. The summed E-state index contributed by atoms with van der Waals surface area (Å²) in [5.74, 6) is -3.57. The third-order valence-corrected chi connectivity index (χ3v) is 9.28. The Balaban J connectivity index is 0.00000169. The molecule has 55 heavy (non-hydrogen) atoms. The Bertz CT molecular complexity index is 1900. The number of quaternary nitrogens is 1. The maximum Gasteiger partial charge on any atom is 0.485 e. The molecule has 5 amide bonds. The van der Waals surface area contributed by atoms with Gasteiger partial charge in [0.25, 0.3) is 5.91 Å². The maximum absolute atomic E-state index is 13.6. The lowest BCUT2D eigenvalue weighted by molar-refractivity contribution is -0.134. The smallest absolute Gasteiger partial charge is 0.485 e. The molecule has 0 aliphatic rings. The van der Waals surface area contributed by atoms with E-state index in [4.69, 9.17) is 18.7 Å². The summed E-state index contributed by atoms with van der Waals surface area (Å²) in [6.07, 6.45) is 1.47. The fourth-order valence-electron chi connectivity index (χ4n) is 4.84. The predicted molar refractivity (Wildman–Crippen MR) is 197 cm³/mol. The average Bonchev–Trinajstić information content (AvgIpc) is 3.03. The van der Waals surface area contributed by atoms with Gasteiger partial charge >= 0.3 is 5.51 Å². The van der Waals surface area contributed by atoms with Gasteiger partial charge in [-0.2, -0.15) is 13.2 Å². The summed E-state index contributed by atoms with van der Waals surface area (Å²) >= 11 is 0. The molecule has 0 spiro atoms. The summed E-state index contributed by atoms with van der Waals surface area (Å²) in [5.41, 5.74) is 1.12. The van der Waals surface area contributed by atoms with Gasteiger partial charge in [0.15, 0.2) is 25.6 Å². The van der Waals surface area contributed by atoms with Crippen LogP contribution >= 0.6 is 0 Å². The largest absolute Gasteiger partial charge is 0.741 e. The Morgan fingerprint density at radius 2 is 1.38 bits per heavy atom. The SMILES string of the molecule is CC(C)C[C@H](NC(=O)[C@@H](NC(=O)[C@H](Cc1ccccc1)NC(=O)CNC(=O)c1ccc([N+](C)(C)C)c(S(C)(=O)=O)c1)C(C)C)C(N)=O.O=S(=O)([O-])C(F)(F)F. The van der Waals surface area contributed by atoms with Crippen molar-refractivity contribution in [3.63, 3.8) is 0 Å². The number of nitrogens with one attached hydrogen (secondary N) is 4. The second-order valence-electron chi connectivity index (χ2n) is 14.2. The van der Waals surface area contributed by atoms with Crippen LogP contribution in [0.2, 0.25) is 0 Å². The highest BCUT2D eigenvalue weighted by molar-refractivity contribution is 7.90. The minimum atomic E-state index is -6.09. The van der Waals surface area contributed by atoms with Crippen molar-refractivity contribution in [2.45, 2.75) is 69.1 Å². The lowest BCUT2D eigenvalue weighted by Gasteiger charge is -2.27. The van der Waals surface area contributed by atoms with Crippen molar-refractivity contribution >= 4 is 55.2 Å². The van der Waals surface area contributed by atoms with Crippen molar-refractivity contribution in [2.24, 2.45) is 17.6 Å². The van der Waals surface area contributed by atoms with Crippen LogP contribution in [0.3, 0.4) is 0 Å². The van der Waals surface area contributed by atoms with Crippen LogP contribution in [0.25, 0.3) is 0 Å². The molecule has 3 atom stereocenters. The molecule has 308 valence electrons. The van der Waals surface area contributed by atoms with E-state index in [-0.39, 0.29) is 33.2 Å². The molecule has 0 fully saturated rings. The number of rotatable bonds is 16. The lowest BCUT2D eigenvalue weighted by Crippen LogP contribution is -2.58. The van der Waals surface area contributed by atoms with E-state index >= 15 is 0 Å². The fraction of sp³-hybridized carbons (Fsp3) is 0.500. The second-order valence-corrected chi connectivity index (χ2v) is 17.5. The van der Waals surface area contributed by atoms with Gasteiger partial charge in [0.2, 0.25) is 23.6 Å². The third-order valence-electron chi connectivity index (χ3n) is 7.59. The van der Waals surface area contributed by atoms with E-state index in [1.807, 2.05) is 13.8 Å². The average molecular weight is 823 g/mol. The number of halogens is 3. The van der Waals surface area contributed by atoms with Gasteiger partial charge in [0.1, 0.15) is 23.0 Å². The zero-order valence-corrected chi connectivity index (χ0v) is 33.3. The number of sulfone groups is 1. The zero-order chi connectivity index (χ0) is 42.7. The number of carbonyl (C=O) groups is 5.